The van der Waals surface area contributed by atoms with Crippen molar-refractivity contribution in [2.45, 2.75) is 0 Å². The summed E-state index contributed by atoms with van der Waals surface area (Å²) in [5.74, 6) is -0.174. The Kier molecular flexibility index (Phi) is 2.16. The lowest BCUT2D eigenvalue weighted by atomic mass is 10.3. The van der Waals surface area contributed by atoms with E-state index in [1.165, 1.54) is 6.07 Å². The highest BCUT2D eigenvalue weighted by Crippen LogP contribution is 1.97. The average Bonchev–Trinajstić information content (AvgIpc) is 1.83. The number of halogens is 1. The Morgan fingerprint density at radius 3 is 2.33 bits per heavy atom. The molecule has 1 aromatic rings. The van der Waals surface area contributed by atoms with Gasteiger partial charge in [0.2, 0.25) is 0 Å². The first kappa shape index (κ1) is 7.12. The number of benzene rings is 1. The maximum Gasteiger partial charge on any atom is 0.130 e. The Bertz CT molecular complexity index is 202. The van der Waals surface area contributed by atoms with E-state index < -0.39 is 0 Å². The SMILES string of the molecule is Fc1cccc(P)c1P. The molecule has 48 valence electrons. The van der Waals surface area contributed by atoms with E-state index in [-0.39, 0.29) is 5.82 Å². The van der Waals surface area contributed by atoms with Crippen LogP contribution in [0.5, 0.6) is 0 Å². The van der Waals surface area contributed by atoms with Crippen LogP contribution >= 0.6 is 18.5 Å². The smallest absolute Gasteiger partial charge is 0.130 e. The van der Waals surface area contributed by atoms with Crippen LogP contribution in [0.3, 0.4) is 0 Å². The van der Waals surface area contributed by atoms with Gasteiger partial charge >= 0.3 is 0 Å². The fraction of sp³-hybridized carbons (Fsp3) is 0. The summed E-state index contributed by atoms with van der Waals surface area (Å²) in [7, 11) is 4.81. The average molecular weight is 160 g/mol. The highest BCUT2D eigenvalue weighted by molar-refractivity contribution is 7.35. The van der Waals surface area contributed by atoms with Crippen LogP contribution in [-0.4, -0.2) is 0 Å². The second-order valence-corrected chi connectivity index (χ2v) is 2.94. The second kappa shape index (κ2) is 2.73. The fourth-order valence-electron chi connectivity index (χ4n) is 0.554. The molecule has 0 aliphatic rings. The predicted octanol–water partition coefficient (Wildman–Crippen LogP) is 0.826. The van der Waals surface area contributed by atoms with Gasteiger partial charge in [0, 0.05) is 5.30 Å². The van der Waals surface area contributed by atoms with Crippen molar-refractivity contribution in [3.63, 3.8) is 0 Å². The van der Waals surface area contributed by atoms with E-state index >= 15 is 0 Å². The zero-order valence-corrected chi connectivity index (χ0v) is 7.07. The van der Waals surface area contributed by atoms with Crippen molar-refractivity contribution in [3.8, 4) is 0 Å². The molecule has 0 bridgehead atoms. The van der Waals surface area contributed by atoms with E-state index in [1.54, 1.807) is 6.07 Å². The van der Waals surface area contributed by atoms with Crippen LogP contribution in [0.4, 0.5) is 4.39 Å². The summed E-state index contributed by atoms with van der Waals surface area (Å²) < 4.78 is 12.5. The lowest BCUT2D eigenvalue weighted by Crippen LogP contribution is -2.13. The largest absolute Gasteiger partial charge is 0.206 e. The number of rotatable bonds is 0. The molecule has 0 aliphatic heterocycles. The molecule has 2 atom stereocenters. The first-order valence-electron chi connectivity index (χ1n) is 2.51. The minimum atomic E-state index is -0.174. The standard InChI is InChI=1S/C6H7FP2/c7-4-2-1-3-5(8)6(4)9/h1-3H,8-9H2. The van der Waals surface area contributed by atoms with Crippen LogP contribution in [0.2, 0.25) is 0 Å². The van der Waals surface area contributed by atoms with E-state index in [1.807, 2.05) is 6.07 Å². The molecule has 3 heteroatoms. The Balaban J connectivity index is 3.25. The van der Waals surface area contributed by atoms with Gasteiger partial charge in [-0.1, -0.05) is 12.1 Å². The lowest BCUT2D eigenvalue weighted by Gasteiger charge is -1.97. The quantitative estimate of drug-likeness (QED) is 0.493. The van der Waals surface area contributed by atoms with Crippen LogP contribution < -0.4 is 10.6 Å². The van der Waals surface area contributed by atoms with E-state index in [4.69, 9.17) is 0 Å². The highest BCUT2D eigenvalue weighted by atomic mass is 31.0. The maximum atomic E-state index is 12.5. The maximum absolute atomic E-state index is 12.5. The van der Waals surface area contributed by atoms with E-state index in [2.05, 4.69) is 18.5 Å². The zero-order valence-electron chi connectivity index (χ0n) is 4.76. The van der Waals surface area contributed by atoms with Gasteiger partial charge in [-0.2, -0.15) is 0 Å². The molecule has 1 aromatic carbocycles. The molecule has 0 amide bonds. The van der Waals surface area contributed by atoms with Crippen molar-refractivity contribution >= 4 is 29.1 Å². The van der Waals surface area contributed by atoms with Gasteiger partial charge in [0.05, 0.1) is 0 Å². The van der Waals surface area contributed by atoms with Crippen molar-refractivity contribution < 1.29 is 4.39 Å². The monoisotopic (exact) mass is 160 g/mol. The molecule has 0 heterocycles. The molecule has 0 saturated heterocycles. The molecular weight excluding hydrogens is 153 g/mol. The number of hydrogen-bond acceptors (Lipinski definition) is 0. The molecule has 1 rings (SSSR count). The van der Waals surface area contributed by atoms with Crippen LogP contribution in [-0.2, 0) is 0 Å². The van der Waals surface area contributed by atoms with Gasteiger partial charge < -0.3 is 0 Å². The summed E-state index contributed by atoms with van der Waals surface area (Å²) in [4.78, 5) is 0. The third kappa shape index (κ3) is 1.47. The summed E-state index contributed by atoms with van der Waals surface area (Å²) >= 11 is 0. The normalized spacial score (nSPS) is 9.67. The van der Waals surface area contributed by atoms with Crippen molar-refractivity contribution in [1.29, 1.82) is 0 Å². The molecular formula is C6H7FP2. The predicted molar refractivity (Wildman–Crippen MR) is 45.1 cm³/mol. The third-order valence-corrected chi connectivity index (χ3v) is 2.53. The molecule has 0 nitrogen and oxygen atoms in total. The van der Waals surface area contributed by atoms with Gasteiger partial charge in [0.25, 0.3) is 0 Å². The molecule has 0 N–H and O–H groups in total. The van der Waals surface area contributed by atoms with Gasteiger partial charge in [-0.3, -0.25) is 0 Å². The molecule has 0 aromatic heterocycles. The summed E-state index contributed by atoms with van der Waals surface area (Å²) in [6, 6.07) is 4.97. The molecule has 0 spiro atoms. The minimum Gasteiger partial charge on any atom is -0.206 e. The fourth-order valence-corrected chi connectivity index (χ4v) is 0.995. The lowest BCUT2D eigenvalue weighted by molar-refractivity contribution is 0.637. The van der Waals surface area contributed by atoms with Crippen molar-refractivity contribution in [1.82, 2.24) is 0 Å². The Hall–Kier alpha value is 0.01000. The minimum absolute atomic E-state index is 0.174. The summed E-state index contributed by atoms with van der Waals surface area (Å²) in [5, 5.41) is 1.52. The second-order valence-electron chi connectivity index (χ2n) is 1.74. The van der Waals surface area contributed by atoms with Crippen molar-refractivity contribution in [2.75, 3.05) is 0 Å². The van der Waals surface area contributed by atoms with Crippen molar-refractivity contribution in [2.24, 2.45) is 0 Å². The Morgan fingerprint density at radius 2 is 1.89 bits per heavy atom. The Morgan fingerprint density at radius 1 is 1.22 bits per heavy atom. The topological polar surface area (TPSA) is 0 Å². The Labute approximate surface area is 58.3 Å². The van der Waals surface area contributed by atoms with Gasteiger partial charge in [-0.15, -0.1) is 18.5 Å². The number of hydrogen-bond donors (Lipinski definition) is 0. The van der Waals surface area contributed by atoms with Gasteiger partial charge in [0.15, 0.2) is 0 Å². The first-order valence-corrected chi connectivity index (χ1v) is 3.67. The molecule has 0 fully saturated rings. The highest BCUT2D eigenvalue weighted by Gasteiger charge is 1.96. The summed E-state index contributed by atoms with van der Waals surface area (Å²) in [6.07, 6.45) is 0. The molecule has 0 aliphatic carbocycles. The molecule has 0 saturated carbocycles. The van der Waals surface area contributed by atoms with E-state index in [0.717, 1.165) is 5.30 Å². The van der Waals surface area contributed by atoms with E-state index in [9.17, 15) is 4.39 Å². The summed E-state index contributed by atoms with van der Waals surface area (Å²) in [5.41, 5.74) is 0. The first-order chi connectivity index (χ1) is 4.22. The van der Waals surface area contributed by atoms with E-state index in [0.29, 0.717) is 5.30 Å². The zero-order chi connectivity index (χ0) is 6.85. The molecule has 2 unspecified atom stereocenters. The third-order valence-electron chi connectivity index (χ3n) is 1.09. The molecule has 0 radical (unpaired) electrons. The van der Waals surface area contributed by atoms with Crippen LogP contribution in [0.25, 0.3) is 0 Å². The van der Waals surface area contributed by atoms with Crippen LogP contribution in [0.1, 0.15) is 0 Å². The van der Waals surface area contributed by atoms with Crippen LogP contribution in [0.15, 0.2) is 18.2 Å². The van der Waals surface area contributed by atoms with Gasteiger partial charge in [0.1, 0.15) is 5.82 Å². The van der Waals surface area contributed by atoms with Gasteiger partial charge in [-0.05, 0) is 11.4 Å². The van der Waals surface area contributed by atoms with Crippen LogP contribution in [0, 0.1) is 5.82 Å². The molecule has 9 heavy (non-hydrogen) atoms. The van der Waals surface area contributed by atoms with Gasteiger partial charge in [-0.25, -0.2) is 4.39 Å². The van der Waals surface area contributed by atoms with Crippen molar-refractivity contribution in [3.05, 3.63) is 24.0 Å². The summed E-state index contributed by atoms with van der Waals surface area (Å²) in [6.45, 7) is 0.